The van der Waals surface area contributed by atoms with E-state index >= 15 is 0 Å². The number of hydrogen-bond acceptors (Lipinski definition) is 6. The van der Waals surface area contributed by atoms with Crippen LogP contribution in [0.15, 0.2) is 24.3 Å². The van der Waals surface area contributed by atoms with E-state index < -0.39 is 23.1 Å². The van der Waals surface area contributed by atoms with Gasteiger partial charge in [-0.2, -0.15) is 0 Å². The quantitative estimate of drug-likeness (QED) is 0.370. The molecule has 0 aliphatic rings. The summed E-state index contributed by atoms with van der Waals surface area (Å²) in [6, 6.07) is 5.58. The number of carbonyl (C=O) groups is 2. The fourth-order valence-corrected chi connectivity index (χ4v) is 1.52. The number of nitro benzene ring substituents is 1. The van der Waals surface area contributed by atoms with Crippen LogP contribution in [-0.4, -0.2) is 39.8 Å². The standard InChI is InChI=1S/C13H16N2O7/c16-11(12(17)18)2-1-7-14-13(19)22-8-9-3-5-10(6-4-9)15(20)21/h3-6,11,16H,1-2,7-8H2,(H,14,19)(H,17,18)/t11-/m0/s1. The molecule has 0 saturated heterocycles. The van der Waals surface area contributed by atoms with E-state index in [0.717, 1.165) is 0 Å². The number of rotatable bonds is 8. The fourth-order valence-electron chi connectivity index (χ4n) is 1.52. The minimum atomic E-state index is -1.45. The maximum Gasteiger partial charge on any atom is 0.407 e. The smallest absolute Gasteiger partial charge is 0.407 e. The number of alkyl carbamates (subject to hydrolysis) is 1. The summed E-state index contributed by atoms with van der Waals surface area (Å²) in [6.45, 7) is 0.130. The molecule has 0 saturated carbocycles. The van der Waals surface area contributed by atoms with Gasteiger partial charge in [-0.3, -0.25) is 10.1 Å². The zero-order valence-corrected chi connectivity index (χ0v) is 11.6. The number of nitro groups is 1. The summed E-state index contributed by atoms with van der Waals surface area (Å²) in [4.78, 5) is 31.6. The van der Waals surface area contributed by atoms with E-state index in [0.29, 0.717) is 12.0 Å². The number of hydrogen-bond donors (Lipinski definition) is 3. The van der Waals surface area contributed by atoms with Gasteiger partial charge in [0.2, 0.25) is 0 Å². The second kappa shape index (κ2) is 8.57. The summed E-state index contributed by atoms with van der Waals surface area (Å²) in [7, 11) is 0. The molecule has 0 aromatic heterocycles. The number of ether oxygens (including phenoxy) is 1. The first kappa shape index (κ1) is 17.4. The SMILES string of the molecule is O=C(NCCC[C@H](O)C(=O)O)OCc1ccc([N+](=O)[O-])cc1. The third kappa shape index (κ3) is 6.18. The van der Waals surface area contributed by atoms with Crippen molar-refractivity contribution in [2.24, 2.45) is 0 Å². The van der Waals surface area contributed by atoms with Crippen LogP contribution in [0.2, 0.25) is 0 Å². The van der Waals surface area contributed by atoms with Crippen LogP contribution in [0, 0.1) is 10.1 Å². The number of aliphatic hydroxyl groups is 1. The molecule has 0 unspecified atom stereocenters. The summed E-state index contributed by atoms with van der Waals surface area (Å²) >= 11 is 0. The predicted molar refractivity (Wildman–Crippen MR) is 74.2 cm³/mol. The molecule has 0 bridgehead atoms. The lowest BCUT2D eigenvalue weighted by atomic mass is 10.2. The van der Waals surface area contributed by atoms with Gasteiger partial charge in [0.15, 0.2) is 6.10 Å². The van der Waals surface area contributed by atoms with Gasteiger partial charge in [0.25, 0.3) is 5.69 Å². The Balaban J connectivity index is 2.23. The molecule has 1 rings (SSSR count). The summed E-state index contributed by atoms with van der Waals surface area (Å²) in [5, 5.41) is 30.3. The first-order valence-corrected chi connectivity index (χ1v) is 6.45. The number of amides is 1. The maximum atomic E-state index is 11.3. The average molecular weight is 312 g/mol. The lowest BCUT2D eigenvalue weighted by Gasteiger charge is -2.08. The van der Waals surface area contributed by atoms with E-state index in [4.69, 9.17) is 14.9 Å². The molecule has 0 heterocycles. The predicted octanol–water partition coefficient (Wildman–Crippen LogP) is 1.05. The number of benzene rings is 1. The Labute approximate surface area is 125 Å². The molecule has 22 heavy (non-hydrogen) atoms. The van der Waals surface area contributed by atoms with Gasteiger partial charge in [0.05, 0.1) is 4.92 Å². The Morgan fingerprint density at radius 2 is 1.95 bits per heavy atom. The van der Waals surface area contributed by atoms with E-state index in [1.54, 1.807) is 0 Å². The van der Waals surface area contributed by atoms with Gasteiger partial charge in [-0.1, -0.05) is 0 Å². The van der Waals surface area contributed by atoms with Crippen molar-refractivity contribution < 1.29 is 29.5 Å². The van der Waals surface area contributed by atoms with Crippen molar-refractivity contribution >= 4 is 17.7 Å². The van der Waals surface area contributed by atoms with Crippen LogP contribution in [0.4, 0.5) is 10.5 Å². The average Bonchev–Trinajstić information content (AvgIpc) is 2.49. The summed E-state index contributed by atoms with van der Waals surface area (Å²) < 4.78 is 4.88. The molecule has 0 fully saturated rings. The Hall–Kier alpha value is -2.68. The molecule has 1 aromatic rings. The van der Waals surface area contributed by atoms with Crippen molar-refractivity contribution in [2.45, 2.75) is 25.6 Å². The molecule has 0 aliphatic heterocycles. The zero-order valence-electron chi connectivity index (χ0n) is 11.6. The van der Waals surface area contributed by atoms with Crippen molar-refractivity contribution in [3.63, 3.8) is 0 Å². The number of non-ortho nitro benzene ring substituents is 1. The van der Waals surface area contributed by atoms with Crippen LogP contribution in [-0.2, 0) is 16.1 Å². The molecule has 1 aromatic carbocycles. The number of carboxylic acids is 1. The van der Waals surface area contributed by atoms with Crippen LogP contribution in [0.1, 0.15) is 18.4 Å². The molecule has 0 aliphatic carbocycles. The first-order valence-electron chi connectivity index (χ1n) is 6.45. The van der Waals surface area contributed by atoms with Gasteiger partial charge in [0.1, 0.15) is 6.61 Å². The van der Waals surface area contributed by atoms with Crippen molar-refractivity contribution in [2.75, 3.05) is 6.54 Å². The minimum Gasteiger partial charge on any atom is -0.479 e. The Bertz CT molecular complexity index is 530. The molecule has 3 N–H and O–H groups in total. The van der Waals surface area contributed by atoms with E-state index in [1.807, 2.05) is 0 Å². The Kier molecular flexibility index (Phi) is 6.77. The number of nitrogens with zero attached hydrogens (tertiary/aromatic N) is 1. The topological polar surface area (TPSA) is 139 Å². The highest BCUT2D eigenvalue weighted by Gasteiger charge is 2.12. The molecular weight excluding hydrogens is 296 g/mol. The highest BCUT2D eigenvalue weighted by atomic mass is 16.6. The van der Waals surface area contributed by atoms with Crippen molar-refractivity contribution in [1.82, 2.24) is 5.32 Å². The van der Waals surface area contributed by atoms with E-state index in [2.05, 4.69) is 5.32 Å². The van der Waals surface area contributed by atoms with Crippen molar-refractivity contribution in [1.29, 1.82) is 0 Å². The second-order valence-corrected chi connectivity index (χ2v) is 4.42. The van der Waals surface area contributed by atoms with Gasteiger partial charge in [-0.05, 0) is 30.5 Å². The first-order chi connectivity index (χ1) is 10.4. The lowest BCUT2D eigenvalue weighted by molar-refractivity contribution is -0.384. The normalized spacial score (nSPS) is 11.5. The highest BCUT2D eigenvalue weighted by Crippen LogP contribution is 2.12. The molecule has 1 atom stereocenters. The highest BCUT2D eigenvalue weighted by molar-refractivity contribution is 5.71. The van der Waals surface area contributed by atoms with E-state index in [9.17, 15) is 19.7 Å². The fraction of sp³-hybridized carbons (Fsp3) is 0.385. The third-order valence-corrected chi connectivity index (χ3v) is 2.73. The number of carboxylic acid groups (broad SMARTS) is 1. The van der Waals surface area contributed by atoms with Crippen LogP contribution >= 0.6 is 0 Å². The molecular formula is C13H16N2O7. The third-order valence-electron chi connectivity index (χ3n) is 2.73. The van der Waals surface area contributed by atoms with Gasteiger partial charge in [-0.15, -0.1) is 0 Å². The van der Waals surface area contributed by atoms with Crippen LogP contribution in [0.25, 0.3) is 0 Å². The Morgan fingerprint density at radius 3 is 2.50 bits per heavy atom. The van der Waals surface area contributed by atoms with Crippen molar-refractivity contribution in [3.05, 3.63) is 39.9 Å². The van der Waals surface area contributed by atoms with Crippen LogP contribution in [0.5, 0.6) is 0 Å². The maximum absolute atomic E-state index is 11.3. The minimum absolute atomic E-state index is 0.0258. The van der Waals surface area contributed by atoms with Gasteiger partial charge in [-0.25, -0.2) is 9.59 Å². The number of carbonyl (C=O) groups excluding carboxylic acids is 1. The molecule has 9 nitrogen and oxygen atoms in total. The second-order valence-electron chi connectivity index (χ2n) is 4.42. The van der Waals surface area contributed by atoms with E-state index in [1.165, 1.54) is 24.3 Å². The van der Waals surface area contributed by atoms with Gasteiger partial charge >= 0.3 is 12.1 Å². The van der Waals surface area contributed by atoms with Crippen molar-refractivity contribution in [3.8, 4) is 0 Å². The van der Waals surface area contributed by atoms with Crippen LogP contribution in [0.3, 0.4) is 0 Å². The Morgan fingerprint density at radius 1 is 1.32 bits per heavy atom. The van der Waals surface area contributed by atoms with Crippen LogP contribution < -0.4 is 5.32 Å². The lowest BCUT2D eigenvalue weighted by Crippen LogP contribution is -2.27. The number of nitrogens with one attached hydrogen (secondary N) is 1. The van der Waals surface area contributed by atoms with Gasteiger partial charge < -0.3 is 20.3 Å². The molecule has 1 amide bonds. The monoisotopic (exact) mass is 312 g/mol. The number of aliphatic hydroxyl groups excluding tert-OH is 1. The summed E-state index contributed by atoms with van der Waals surface area (Å²) in [6.07, 6.45) is -1.82. The summed E-state index contributed by atoms with van der Waals surface area (Å²) in [5.41, 5.74) is 0.548. The largest absolute Gasteiger partial charge is 0.479 e. The van der Waals surface area contributed by atoms with E-state index in [-0.39, 0.29) is 25.3 Å². The zero-order chi connectivity index (χ0) is 16.5. The molecule has 120 valence electrons. The summed E-state index contributed by atoms with van der Waals surface area (Å²) in [5.74, 6) is -1.30. The van der Waals surface area contributed by atoms with Gasteiger partial charge in [0, 0.05) is 18.7 Å². The number of aliphatic carboxylic acids is 1. The molecule has 0 spiro atoms. The molecule has 0 radical (unpaired) electrons. The molecule has 9 heteroatoms.